The summed E-state index contributed by atoms with van der Waals surface area (Å²) in [7, 11) is 0. The predicted molar refractivity (Wildman–Crippen MR) is 38.1 cm³/mol. The number of Topliss-reactive ketones (excluding diaryl/α,β-unsaturated/α-hetero) is 1. The van der Waals surface area contributed by atoms with Gasteiger partial charge in [-0.15, -0.1) is 0 Å². The summed E-state index contributed by atoms with van der Waals surface area (Å²) < 4.78 is 10.9. The largest absolute Gasteiger partial charge is 0.344 e. The number of ketones is 1. The number of hydrogen-bond donors (Lipinski definition) is 0. The first-order valence-electron chi connectivity index (χ1n) is 3.97. The van der Waals surface area contributed by atoms with Gasteiger partial charge in [0.2, 0.25) is 0 Å². The van der Waals surface area contributed by atoms with Crippen LogP contribution in [-0.2, 0) is 14.3 Å². The highest BCUT2D eigenvalue weighted by Gasteiger charge is 2.48. The molecule has 0 aromatic carbocycles. The van der Waals surface area contributed by atoms with Gasteiger partial charge in [-0.1, -0.05) is 0 Å². The van der Waals surface area contributed by atoms with Crippen molar-refractivity contribution < 1.29 is 14.3 Å². The minimum atomic E-state index is -0.550. The number of carbonyl (C=O) groups excluding carboxylic acids is 1. The number of ether oxygens (including phenoxy) is 2. The molecule has 2 atom stereocenters. The van der Waals surface area contributed by atoms with E-state index in [-0.39, 0.29) is 18.0 Å². The van der Waals surface area contributed by atoms with Crippen LogP contribution in [0.5, 0.6) is 0 Å². The number of hydrogen-bond acceptors (Lipinski definition) is 3. The van der Waals surface area contributed by atoms with E-state index in [0.29, 0.717) is 6.42 Å². The molecule has 2 rings (SSSR count). The quantitative estimate of drug-likeness (QED) is 0.522. The molecule has 0 radical (unpaired) electrons. The Labute approximate surface area is 65.7 Å². The Kier molecular flexibility index (Phi) is 1.35. The van der Waals surface area contributed by atoms with Crippen LogP contribution in [0.1, 0.15) is 26.7 Å². The molecule has 0 bridgehead atoms. The van der Waals surface area contributed by atoms with Crippen LogP contribution < -0.4 is 0 Å². The summed E-state index contributed by atoms with van der Waals surface area (Å²) >= 11 is 0. The second kappa shape index (κ2) is 2.05. The minimum Gasteiger partial charge on any atom is -0.344 e. The normalized spacial score (nSPS) is 41.1. The second-order valence-corrected chi connectivity index (χ2v) is 3.60. The van der Waals surface area contributed by atoms with E-state index in [1.165, 1.54) is 0 Å². The van der Waals surface area contributed by atoms with Gasteiger partial charge in [0.1, 0.15) is 6.10 Å². The van der Waals surface area contributed by atoms with Gasteiger partial charge in [0.15, 0.2) is 11.6 Å². The van der Waals surface area contributed by atoms with Crippen LogP contribution >= 0.6 is 0 Å². The van der Waals surface area contributed by atoms with Gasteiger partial charge in [0.05, 0.1) is 6.10 Å². The van der Waals surface area contributed by atoms with Crippen LogP contribution in [0.25, 0.3) is 0 Å². The Morgan fingerprint density at radius 1 is 1.45 bits per heavy atom. The van der Waals surface area contributed by atoms with Gasteiger partial charge >= 0.3 is 0 Å². The van der Waals surface area contributed by atoms with Crippen LogP contribution in [0.2, 0.25) is 0 Å². The Morgan fingerprint density at radius 3 is 2.82 bits per heavy atom. The lowest BCUT2D eigenvalue weighted by atomic mass is 10.3. The van der Waals surface area contributed by atoms with E-state index >= 15 is 0 Å². The van der Waals surface area contributed by atoms with Gasteiger partial charge in [-0.05, 0) is 20.3 Å². The Bertz CT molecular complexity index is 198. The van der Waals surface area contributed by atoms with Gasteiger partial charge in [0, 0.05) is 6.42 Å². The van der Waals surface area contributed by atoms with Crippen molar-refractivity contribution in [2.45, 2.75) is 44.7 Å². The van der Waals surface area contributed by atoms with Gasteiger partial charge in [-0.2, -0.15) is 0 Å². The lowest BCUT2D eigenvalue weighted by Gasteiger charge is -2.17. The van der Waals surface area contributed by atoms with Gasteiger partial charge in [0.25, 0.3) is 0 Å². The number of rotatable bonds is 0. The summed E-state index contributed by atoms with van der Waals surface area (Å²) in [6.45, 7) is 3.69. The molecule has 0 aromatic heterocycles. The second-order valence-electron chi connectivity index (χ2n) is 3.60. The Hall–Kier alpha value is -0.410. The topological polar surface area (TPSA) is 35.5 Å². The molecule has 0 spiro atoms. The molecule has 2 aliphatic rings. The summed E-state index contributed by atoms with van der Waals surface area (Å²) in [5, 5.41) is 0. The van der Waals surface area contributed by atoms with Crippen molar-refractivity contribution in [1.82, 2.24) is 0 Å². The average Bonchev–Trinajstić information content (AvgIpc) is 2.31. The van der Waals surface area contributed by atoms with Crippen LogP contribution in [0.15, 0.2) is 0 Å². The highest BCUT2D eigenvalue weighted by Crippen LogP contribution is 2.35. The molecule has 11 heavy (non-hydrogen) atoms. The molecule has 1 aliphatic carbocycles. The zero-order chi connectivity index (χ0) is 8.06. The summed E-state index contributed by atoms with van der Waals surface area (Å²) in [5.74, 6) is -0.355. The van der Waals surface area contributed by atoms with Gasteiger partial charge in [-0.25, -0.2) is 0 Å². The highest BCUT2D eigenvalue weighted by molar-refractivity contribution is 5.86. The third-order valence-corrected chi connectivity index (χ3v) is 2.18. The van der Waals surface area contributed by atoms with Crippen molar-refractivity contribution in [3.05, 3.63) is 0 Å². The fourth-order valence-corrected chi connectivity index (χ4v) is 1.75. The molecule has 0 aromatic rings. The maximum absolute atomic E-state index is 11.1. The van der Waals surface area contributed by atoms with Crippen LogP contribution in [0.3, 0.4) is 0 Å². The highest BCUT2D eigenvalue weighted by atomic mass is 16.8. The van der Waals surface area contributed by atoms with E-state index in [0.717, 1.165) is 6.42 Å². The monoisotopic (exact) mass is 156 g/mol. The Morgan fingerprint density at radius 2 is 2.18 bits per heavy atom. The fraction of sp³-hybridized carbons (Fsp3) is 0.875. The summed E-state index contributed by atoms with van der Waals surface area (Å²) in [6.07, 6.45) is 1.20. The molecule has 3 nitrogen and oxygen atoms in total. The summed E-state index contributed by atoms with van der Waals surface area (Å²) in [5.41, 5.74) is 0. The van der Waals surface area contributed by atoms with Crippen LogP contribution in [0.4, 0.5) is 0 Å². The zero-order valence-corrected chi connectivity index (χ0v) is 6.79. The maximum Gasteiger partial charge on any atom is 0.164 e. The SMILES string of the molecule is CC1(C)OC2C(=O)CC[C@@H]2O1. The standard InChI is InChI=1S/C8H12O3/c1-8(2)10-6-4-3-5(9)7(6)11-8/h6-7H,3-4H2,1-2H3/t6-,7?/m0/s1. The molecule has 0 N–H and O–H groups in total. The molecule has 1 aliphatic heterocycles. The molecule has 62 valence electrons. The van der Waals surface area contributed by atoms with E-state index in [9.17, 15) is 4.79 Å². The van der Waals surface area contributed by atoms with Crippen molar-refractivity contribution in [2.24, 2.45) is 0 Å². The average molecular weight is 156 g/mol. The van der Waals surface area contributed by atoms with Crippen molar-refractivity contribution in [1.29, 1.82) is 0 Å². The lowest BCUT2D eigenvalue weighted by Crippen LogP contribution is -2.24. The predicted octanol–water partition coefficient (Wildman–Crippen LogP) is 0.869. The maximum atomic E-state index is 11.1. The van der Waals surface area contributed by atoms with Crippen molar-refractivity contribution >= 4 is 5.78 Å². The minimum absolute atomic E-state index is 0.0255. The van der Waals surface area contributed by atoms with Crippen molar-refractivity contribution in [2.75, 3.05) is 0 Å². The van der Waals surface area contributed by atoms with E-state index in [4.69, 9.17) is 9.47 Å². The Balaban J connectivity index is 2.16. The lowest BCUT2D eigenvalue weighted by molar-refractivity contribution is -0.159. The molecule has 1 saturated heterocycles. The smallest absolute Gasteiger partial charge is 0.164 e. The summed E-state index contributed by atoms with van der Waals surface area (Å²) in [4.78, 5) is 11.1. The molecule has 2 fully saturated rings. The van der Waals surface area contributed by atoms with Crippen molar-refractivity contribution in [3.8, 4) is 0 Å². The zero-order valence-electron chi connectivity index (χ0n) is 6.79. The van der Waals surface area contributed by atoms with Crippen LogP contribution in [-0.4, -0.2) is 23.8 Å². The molecule has 1 unspecified atom stereocenters. The fourth-order valence-electron chi connectivity index (χ4n) is 1.75. The number of carbonyl (C=O) groups is 1. The molecular formula is C8H12O3. The van der Waals surface area contributed by atoms with E-state index in [1.807, 2.05) is 13.8 Å². The van der Waals surface area contributed by atoms with Gasteiger partial charge in [-0.3, -0.25) is 4.79 Å². The third kappa shape index (κ3) is 1.08. The molecule has 1 heterocycles. The molecule has 0 amide bonds. The van der Waals surface area contributed by atoms with Crippen LogP contribution in [0, 0.1) is 0 Å². The van der Waals surface area contributed by atoms with E-state index < -0.39 is 5.79 Å². The first-order chi connectivity index (χ1) is 5.08. The molecule has 1 saturated carbocycles. The van der Waals surface area contributed by atoms with Crippen molar-refractivity contribution in [3.63, 3.8) is 0 Å². The van der Waals surface area contributed by atoms with Gasteiger partial charge < -0.3 is 9.47 Å². The van der Waals surface area contributed by atoms with E-state index in [1.54, 1.807) is 0 Å². The third-order valence-electron chi connectivity index (χ3n) is 2.18. The first-order valence-corrected chi connectivity index (χ1v) is 3.97. The van der Waals surface area contributed by atoms with E-state index in [2.05, 4.69) is 0 Å². The first kappa shape index (κ1) is 7.25. The number of fused-ring (bicyclic) bond motifs is 1. The molecular weight excluding hydrogens is 144 g/mol. The molecule has 3 heteroatoms. The summed E-state index contributed by atoms with van der Waals surface area (Å²) in [6, 6.07) is 0.